The molecule has 6 nitrogen and oxygen atoms in total. The van der Waals surface area contributed by atoms with Crippen LogP contribution in [-0.2, 0) is 0 Å². The predicted molar refractivity (Wildman–Crippen MR) is 173 cm³/mol. The van der Waals surface area contributed by atoms with Gasteiger partial charge >= 0.3 is 29.6 Å². The number of phenolic OH excluding ortho intramolecular Hbond substituents is 2. The fourth-order valence-electron chi connectivity index (χ4n) is 2.93. The van der Waals surface area contributed by atoms with Gasteiger partial charge in [-0.1, -0.05) is 87.9 Å². The number of aromatic hydroxyl groups is 2. The Hall–Kier alpha value is -2.01. The molecule has 0 unspecified atom stereocenters. The molecule has 14 heteroatoms. The maximum absolute atomic E-state index is 9.62. The molecule has 0 aliphatic heterocycles. The van der Waals surface area contributed by atoms with Gasteiger partial charge in [-0.3, -0.25) is 0 Å². The zero-order chi connectivity index (χ0) is 30.8. The summed E-state index contributed by atoms with van der Waals surface area (Å²) in [5.74, 6) is 1.27. The van der Waals surface area contributed by atoms with E-state index in [1.807, 2.05) is 0 Å². The van der Waals surface area contributed by atoms with Crippen molar-refractivity contribution < 1.29 is 55.9 Å². The van der Waals surface area contributed by atoms with Gasteiger partial charge in [0, 0.05) is 38.4 Å². The molecule has 4 aromatic carbocycles. The summed E-state index contributed by atoms with van der Waals surface area (Å²) in [5, 5.41) is 30.6. The molecule has 0 spiro atoms. The Morgan fingerprint density at radius 3 is 1.23 bits per heavy atom. The standard InChI is InChI=1S/2C12H7Cl3O2.C5H5NOS.Na.H/c2*13-7-1-3-11(9(15)5-7)17-12-4-2-8(14)6-10(12)16;7-6-4-2-1-3-5(6)8;;/h2*1-6,16H;1-4,7H;;/q;;;+1;-1. The number of hydrogen-bond donors (Lipinski definition) is 3. The molecule has 0 saturated heterocycles. The van der Waals surface area contributed by atoms with Crippen LogP contribution < -0.4 is 39.0 Å². The first-order valence-electron chi connectivity index (χ1n) is 11.5. The number of halogens is 6. The van der Waals surface area contributed by atoms with Crippen molar-refractivity contribution in [1.82, 2.24) is 4.73 Å². The molecular formula is C29H20Cl6NNaO5S. The molecular weight excluding hydrogens is 710 g/mol. The van der Waals surface area contributed by atoms with Crippen LogP contribution in [0.25, 0.3) is 0 Å². The molecule has 0 saturated carbocycles. The van der Waals surface area contributed by atoms with E-state index >= 15 is 0 Å². The first-order valence-corrected chi connectivity index (χ1v) is 14.2. The minimum Gasteiger partial charge on any atom is -1.00 e. The zero-order valence-electron chi connectivity index (χ0n) is 23.0. The van der Waals surface area contributed by atoms with Crippen LogP contribution in [0.2, 0.25) is 30.1 Å². The maximum atomic E-state index is 9.62. The number of nitrogens with zero attached hydrogens (tertiary/aromatic N) is 1. The largest absolute Gasteiger partial charge is 1.00 e. The normalized spacial score (nSPS) is 9.81. The van der Waals surface area contributed by atoms with E-state index in [1.165, 1.54) is 18.3 Å². The average Bonchev–Trinajstić information content (AvgIpc) is 2.92. The second-order valence-electron chi connectivity index (χ2n) is 7.96. The van der Waals surface area contributed by atoms with Crippen LogP contribution in [0.5, 0.6) is 34.5 Å². The van der Waals surface area contributed by atoms with Gasteiger partial charge in [-0.05, 0) is 72.8 Å². The van der Waals surface area contributed by atoms with Crippen molar-refractivity contribution in [2.45, 2.75) is 0 Å². The molecule has 5 rings (SSSR count). The summed E-state index contributed by atoms with van der Waals surface area (Å²) in [4.78, 5) is 0. The smallest absolute Gasteiger partial charge is 1.00 e. The quantitative estimate of drug-likeness (QED) is 0.0975. The van der Waals surface area contributed by atoms with Crippen LogP contribution in [0.15, 0.2) is 97.2 Å². The molecule has 1 aromatic heterocycles. The second kappa shape index (κ2) is 18.1. The number of rotatable bonds is 4. The molecule has 3 N–H and O–H groups in total. The van der Waals surface area contributed by atoms with Gasteiger partial charge in [0.05, 0.1) is 10.0 Å². The minimum absolute atomic E-state index is 0. The zero-order valence-corrected chi connectivity index (χ0v) is 29.4. The van der Waals surface area contributed by atoms with E-state index in [1.54, 1.807) is 78.9 Å². The first kappa shape index (κ1) is 37.2. The summed E-state index contributed by atoms with van der Waals surface area (Å²) >= 11 is 39.5. The van der Waals surface area contributed by atoms with Crippen LogP contribution in [-0.4, -0.2) is 20.2 Å². The summed E-state index contributed by atoms with van der Waals surface area (Å²) in [6, 6.07) is 23.9. The Bertz CT molecular complexity index is 1550. The third kappa shape index (κ3) is 12.1. The van der Waals surface area contributed by atoms with Crippen LogP contribution in [0.4, 0.5) is 0 Å². The van der Waals surface area contributed by atoms with Gasteiger partial charge in [-0.15, -0.1) is 0 Å². The molecule has 0 fully saturated rings. The van der Waals surface area contributed by atoms with Gasteiger partial charge in [0.2, 0.25) is 0 Å². The molecule has 0 aliphatic rings. The van der Waals surface area contributed by atoms with Crippen molar-refractivity contribution >= 4 is 81.8 Å². The number of aromatic nitrogens is 1. The number of hydrogen-bond acceptors (Lipinski definition) is 6. The van der Waals surface area contributed by atoms with Crippen molar-refractivity contribution in [3.05, 3.63) is 132 Å². The molecule has 0 amide bonds. The Balaban J connectivity index is 0.000000342. The number of phenols is 2. The maximum Gasteiger partial charge on any atom is 1.00 e. The summed E-state index contributed by atoms with van der Waals surface area (Å²) < 4.78 is 12.2. The van der Waals surface area contributed by atoms with Gasteiger partial charge in [0.1, 0.15) is 16.1 Å². The molecule has 0 radical (unpaired) electrons. The van der Waals surface area contributed by atoms with Gasteiger partial charge in [-0.25, -0.2) is 0 Å². The summed E-state index contributed by atoms with van der Waals surface area (Å²) in [7, 11) is 0. The van der Waals surface area contributed by atoms with Crippen LogP contribution in [0.1, 0.15) is 1.43 Å². The Kier molecular flexibility index (Phi) is 15.6. The van der Waals surface area contributed by atoms with Crippen molar-refractivity contribution in [3.63, 3.8) is 0 Å². The molecule has 220 valence electrons. The van der Waals surface area contributed by atoms with Crippen LogP contribution in [0, 0.1) is 4.64 Å². The molecule has 0 bridgehead atoms. The van der Waals surface area contributed by atoms with Crippen molar-refractivity contribution in [2.24, 2.45) is 0 Å². The topological polar surface area (TPSA) is 84.1 Å². The summed E-state index contributed by atoms with van der Waals surface area (Å²) in [6.45, 7) is 0. The molecule has 1 heterocycles. The molecule has 0 aliphatic carbocycles. The SMILES string of the molecule is Oc1cc(Cl)ccc1Oc1ccc(Cl)cc1Cl.Oc1cc(Cl)ccc1Oc1ccc(Cl)cc1Cl.On1ccccc1=S.[H-].[Na+]. The number of pyridine rings is 1. The summed E-state index contributed by atoms with van der Waals surface area (Å²) in [5.41, 5.74) is 0. The van der Waals surface area contributed by atoms with Gasteiger partial charge in [-0.2, -0.15) is 4.73 Å². The molecule has 43 heavy (non-hydrogen) atoms. The van der Waals surface area contributed by atoms with Crippen molar-refractivity contribution in [2.75, 3.05) is 0 Å². The fraction of sp³-hybridized carbons (Fsp3) is 0. The van der Waals surface area contributed by atoms with E-state index in [4.69, 9.17) is 84.3 Å². The van der Waals surface area contributed by atoms with Crippen LogP contribution >= 0.6 is 81.8 Å². The Morgan fingerprint density at radius 1 is 0.558 bits per heavy atom. The Labute approximate surface area is 306 Å². The van der Waals surface area contributed by atoms with Gasteiger partial charge in [0.15, 0.2) is 23.0 Å². The van der Waals surface area contributed by atoms with E-state index < -0.39 is 0 Å². The number of benzene rings is 4. The van der Waals surface area contributed by atoms with Crippen molar-refractivity contribution in [3.8, 4) is 34.5 Å². The second-order valence-corrected chi connectivity index (χ2v) is 10.9. The summed E-state index contributed by atoms with van der Waals surface area (Å²) in [6.07, 6.45) is 1.49. The molecule has 0 atom stereocenters. The monoisotopic (exact) mass is 727 g/mol. The van der Waals surface area contributed by atoms with Crippen LogP contribution in [0.3, 0.4) is 0 Å². The fourth-order valence-corrected chi connectivity index (χ4v) is 4.29. The third-order valence-electron chi connectivity index (χ3n) is 4.87. The van der Waals surface area contributed by atoms with Gasteiger partial charge in [0.25, 0.3) is 0 Å². The van der Waals surface area contributed by atoms with E-state index in [0.29, 0.717) is 46.3 Å². The van der Waals surface area contributed by atoms with E-state index in [0.717, 1.165) is 4.73 Å². The number of ether oxygens (including phenoxy) is 2. The van der Waals surface area contributed by atoms with Crippen molar-refractivity contribution in [1.29, 1.82) is 0 Å². The minimum atomic E-state index is -0.0523. The predicted octanol–water partition coefficient (Wildman–Crippen LogP) is 8.86. The Morgan fingerprint density at radius 2 is 0.930 bits per heavy atom. The van der Waals surface area contributed by atoms with E-state index in [9.17, 15) is 10.2 Å². The molecule has 5 aromatic rings. The first-order chi connectivity index (χ1) is 19.9. The van der Waals surface area contributed by atoms with Gasteiger partial charge < -0.3 is 26.3 Å². The third-order valence-corrected chi connectivity index (χ3v) is 6.73. The average molecular weight is 730 g/mol. The van der Waals surface area contributed by atoms with E-state index in [-0.39, 0.29) is 54.0 Å². The van der Waals surface area contributed by atoms with E-state index in [2.05, 4.69) is 12.2 Å².